The molecule has 1 aliphatic rings. The van der Waals surface area contributed by atoms with Gasteiger partial charge in [0.2, 0.25) is 0 Å². The summed E-state index contributed by atoms with van der Waals surface area (Å²) >= 11 is 1.38. The van der Waals surface area contributed by atoms with Crippen LogP contribution in [-0.4, -0.2) is 29.7 Å². The van der Waals surface area contributed by atoms with Crippen molar-refractivity contribution in [3.8, 4) is 5.75 Å². The van der Waals surface area contributed by atoms with Crippen LogP contribution in [0.15, 0.2) is 29.4 Å². The van der Waals surface area contributed by atoms with Crippen LogP contribution in [0.2, 0.25) is 0 Å². The van der Waals surface area contributed by atoms with E-state index in [1.807, 2.05) is 10.8 Å². The van der Waals surface area contributed by atoms with E-state index in [0.717, 1.165) is 30.0 Å². The smallest absolute Gasteiger partial charge is 0.416 e. The number of aromatic nitrogens is 1. The third-order valence-electron chi connectivity index (χ3n) is 5.12. The number of amides is 1. The van der Waals surface area contributed by atoms with Gasteiger partial charge in [0, 0.05) is 23.7 Å². The fourth-order valence-electron chi connectivity index (χ4n) is 3.17. The van der Waals surface area contributed by atoms with Gasteiger partial charge in [-0.2, -0.15) is 18.2 Å². The molecular weight excluding hydrogens is 439 g/mol. The molecule has 0 bridgehead atoms. The Hall–Kier alpha value is -2.13. The SMILES string of the molecule is CC(C)Cn1cc(C(C)(C)C)sc1=NC(=O)c1cc(C(F)(F)F)ccc1OC[C@@H]1CCN1. The monoisotopic (exact) mass is 469 g/mol. The second kappa shape index (κ2) is 9.39. The number of ether oxygens (including phenoxy) is 1. The van der Waals surface area contributed by atoms with Gasteiger partial charge in [0.25, 0.3) is 5.91 Å². The summed E-state index contributed by atoms with van der Waals surface area (Å²) in [7, 11) is 0. The van der Waals surface area contributed by atoms with E-state index >= 15 is 0 Å². The molecule has 0 spiro atoms. The van der Waals surface area contributed by atoms with Crippen molar-refractivity contribution in [2.45, 2.75) is 65.2 Å². The van der Waals surface area contributed by atoms with Crippen LogP contribution in [0.1, 0.15) is 61.8 Å². The number of nitrogens with one attached hydrogen (secondary N) is 1. The Morgan fingerprint density at radius 2 is 2.00 bits per heavy atom. The van der Waals surface area contributed by atoms with Crippen molar-refractivity contribution in [3.63, 3.8) is 0 Å². The Labute approximate surface area is 190 Å². The summed E-state index contributed by atoms with van der Waals surface area (Å²) in [5.74, 6) is -0.315. The molecule has 2 heterocycles. The van der Waals surface area contributed by atoms with E-state index in [4.69, 9.17) is 4.74 Å². The average molecular weight is 470 g/mol. The lowest BCUT2D eigenvalue weighted by atomic mass is 9.95. The number of rotatable bonds is 6. The molecule has 1 aromatic heterocycles. The molecular formula is C23H30F3N3O2S. The third-order valence-corrected chi connectivity index (χ3v) is 6.57. The predicted octanol–water partition coefficient (Wildman–Crippen LogP) is 5.00. The van der Waals surface area contributed by atoms with Crippen molar-refractivity contribution in [2.24, 2.45) is 10.9 Å². The molecule has 176 valence electrons. The Morgan fingerprint density at radius 1 is 1.31 bits per heavy atom. The van der Waals surface area contributed by atoms with Crippen molar-refractivity contribution >= 4 is 17.2 Å². The minimum absolute atomic E-state index is 0.114. The Morgan fingerprint density at radius 3 is 2.53 bits per heavy atom. The molecule has 1 N–H and O–H groups in total. The molecule has 0 aliphatic carbocycles. The molecule has 1 amide bonds. The van der Waals surface area contributed by atoms with Gasteiger partial charge in [0.15, 0.2) is 4.80 Å². The highest BCUT2D eigenvalue weighted by atomic mass is 32.1. The predicted molar refractivity (Wildman–Crippen MR) is 119 cm³/mol. The molecule has 2 aromatic rings. The van der Waals surface area contributed by atoms with Crippen LogP contribution in [0.4, 0.5) is 13.2 Å². The lowest BCUT2D eigenvalue weighted by Crippen LogP contribution is -2.46. The van der Waals surface area contributed by atoms with E-state index in [1.54, 1.807) is 0 Å². The number of halogens is 3. The van der Waals surface area contributed by atoms with Crippen LogP contribution in [0.5, 0.6) is 5.75 Å². The first-order chi connectivity index (χ1) is 14.8. The fourth-order valence-corrected chi connectivity index (χ4v) is 4.22. The summed E-state index contributed by atoms with van der Waals surface area (Å²) < 4.78 is 47.6. The summed E-state index contributed by atoms with van der Waals surface area (Å²) in [5, 5.41) is 3.17. The second-order valence-electron chi connectivity index (χ2n) is 9.55. The molecule has 0 unspecified atom stereocenters. The normalized spacial score (nSPS) is 17.5. The standard InChI is InChI=1S/C23H30F3N3O2S/c1-14(2)11-29-12-19(22(3,4)5)32-21(29)28-20(30)17-10-15(23(24,25)26)6-7-18(17)31-13-16-8-9-27-16/h6-7,10,12,14,16,27H,8-9,11,13H2,1-5H3/t16-/m0/s1. The van der Waals surface area contributed by atoms with Crippen LogP contribution in [0, 0.1) is 5.92 Å². The van der Waals surface area contributed by atoms with Gasteiger partial charge >= 0.3 is 6.18 Å². The number of benzene rings is 1. The van der Waals surface area contributed by atoms with E-state index in [1.165, 1.54) is 17.4 Å². The molecule has 3 rings (SSSR count). The number of nitrogens with zero attached hydrogens (tertiary/aromatic N) is 2. The highest BCUT2D eigenvalue weighted by Gasteiger charge is 2.32. The van der Waals surface area contributed by atoms with Crippen molar-refractivity contribution in [1.29, 1.82) is 0 Å². The second-order valence-corrected chi connectivity index (χ2v) is 10.6. The van der Waals surface area contributed by atoms with E-state index < -0.39 is 17.6 Å². The van der Waals surface area contributed by atoms with Gasteiger partial charge < -0.3 is 14.6 Å². The average Bonchev–Trinajstić information content (AvgIpc) is 3.01. The first-order valence-corrected chi connectivity index (χ1v) is 11.5. The van der Waals surface area contributed by atoms with Gasteiger partial charge in [-0.25, -0.2) is 0 Å². The highest BCUT2D eigenvalue weighted by molar-refractivity contribution is 7.09. The molecule has 0 radical (unpaired) electrons. The van der Waals surface area contributed by atoms with Gasteiger partial charge in [0.05, 0.1) is 11.1 Å². The Bertz CT molecular complexity index is 1030. The Balaban J connectivity index is 2.02. The zero-order valence-electron chi connectivity index (χ0n) is 19.0. The largest absolute Gasteiger partial charge is 0.491 e. The molecule has 1 aliphatic heterocycles. The van der Waals surface area contributed by atoms with Gasteiger partial charge in [-0.05, 0) is 42.5 Å². The van der Waals surface area contributed by atoms with Crippen LogP contribution < -0.4 is 14.9 Å². The van der Waals surface area contributed by atoms with E-state index in [-0.39, 0.29) is 29.4 Å². The first-order valence-electron chi connectivity index (χ1n) is 10.7. The molecule has 1 aromatic carbocycles. The molecule has 1 atom stereocenters. The summed E-state index contributed by atoms with van der Waals surface area (Å²) in [6.45, 7) is 12.1. The number of hydrogen-bond donors (Lipinski definition) is 1. The van der Waals surface area contributed by atoms with E-state index in [2.05, 4.69) is 44.9 Å². The van der Waals surface area contributed by atoms with Crippen molar-refractivity contribution in [3.05, 3.63) is 45.2 Å². The zero-order valence-corrected chi connectivity index (χ0v) is 19.9. The lowest BCUT2D eigenvalue weighted by Gasteiger charge is -2.27. The minimum Gasteiger partial charge on any atom is -0.491 e. The molecule has 1 saturated heterocycles. The quantitative estimate of drug-likeness (QED) is 0.648. The lowest BCUT2D eigenvalue weighted by molar-refractivity contribution is -0.137. The summed E-state index contributed by atoms with van der Waals surface area (Å²) in [6, 6.07) is 3.11. The number of carbonyl (C=O) groups excluding carboxylic acids is 1. The molecule has 9 heteroatoms. The Kier molecular flexibility index (Phi) is 7.19. The van der Waals surface area contributed by atoms with Crippen LogP contribution in [0.3, 0.4) is 0 Å². The van der Waals surface area contributed by atoms with Crippen LogP contribution >= 0.6 is 11.3 Å². The number of alkyl halides is 3. The van der Waals surface area contributed by atoms with Gasteiger partial charge in [-0.3, -0.25) is 4.79 Å². The maximum absolute atomic E-state index is 13.3. The summed E-state index contributed by atoms with van der Waals surface area (Å²) in [4.78, 5) is 18.9. The van der Waals surface area contributed by atoms with Crippen molar-refractivity contribution in [2.75, 3.05) is 13.2 Å². The van der Waals surface area contributed by atoms with Crippen molar-refractivity contribution < 1.29 is 22.7 Å². The van der Waals surface area contributed by atoms with E-state index in [9.17, 15) is 18.0 Å². The van der Waals surface area contributed by atoms with Gasteiger partial charge in [0.1, 0.15) is 12.4 Å². The third kappa shape index (κ3) is 6.01. The van der Waals surface area contributed by atoms with Crippen molar-refractivity contribution in [1.82, 2.24) is 9.88 Å². The molecule has 5 nitrogen and oxygen atoms in total. The maximum atomic E-state index is 13.3. The first kappa shape index (κ1) is 24.5. The summed E-state index contributed by atoms with van der Waals surface area (Å²) in [6.07, 6.45) is -1.67. The minimum atomic E-state index is -4.57. The number of thiazole rings is 1. The van der Waals surface area contributed by atoms with Gasteiger partial charge in [-0.15, -0.1) is 11.3 Å². The van der Waals surface area contributed by atoms with Crippen LogP contribution in [-0.2, 0) is 18.1 Å². The summed E-state index contributed by atoms with van der Waals surface area (Å²) in [5.41, 5.74) is -1.22. The fraction of sp³-hybridized carbons (Fsp3) is 0.565. The highest BCUT2D eigenvalue weighted by Crippen LogP contribution is 2.33. The van der Waals surface area contributed by atoms with Crippen LogP contribution in [0.25, 0.3) is 0 Å². The number of carbonyl (C=O) groups is 1. The maximum Gasteiger partial charge on any atom is 0.416 e. The topological polar surface area (TPSA) is 55.6 Å². The zero-order chi connectivity index (χ0) is 23.7. The number of hydrogen-bond acceptors (Lipinski definition) is 4. The van der Waals surface area contributed by atoms with E-state index in [0.29, 0.717) is 17.3 Å². The molecule has 0 saturated carbocycles. The van der Waals surface area contributed by atoms with Gasteiger partial charge in [-0.1, -0.05) is 34.6 Å². The molecule has 1 fully saturated rings. The molecule has 32 heavy (non-hydrogen) atoms.